The Balaban J connectivity index is 1.50. The molecule has 0 bridgehead atoms. The summed E-state index contributed by atoms with van der Waals surface area (Å²) >= 11 is 0. The summed E-state index contributed by atoms with van der Waals surface area (Å²) in [7, 11) is 0. The van der Waals surface area contributed by atoms with Gasteiger partial charge < -0.3 is 4.74 Å². The molecule has 1 atom stereocenters. The third-order valence-corrected chi connectivity index (χ3v) is 7.21. The Bertz CT molecular complexity index is 598. The summed E-state index contributed by atoms with van der Waals surface area (Å²) in [5.74, 6) is 0.918. The molecule has 0 aromatic heterocycles. The Morgan fingerprint density at radius 2 is 1.23 bits per heavy atom. The van der Waals surface area contributed by atoms with Gasteiger partial charge in [-0.05, 0) is 57.7 Å². The van der Waals surface area contributed by atoms with Crippen LogP contribution < -0.4 is 4.74 Å². The second kappa shape index (κ2) is 13.5. The van der Waals surface area contributed by atoms with E-state index >= 15 is 0 Å². The SMILES string of the molecule is CCCCCCCCCCCCCCCOc1ccc(C2(C)CCC(C)(C)N2[O])cc1. The molecule has 0 aliphatic carbocycles. The summed E-state index contributed by atoms with van der Waals surface area (Å²) in [5.41, 5.74) is 0.399. The largest absolute Gasteiger partial charge is 0.494 e. The van der Waals surface area contributed by atoms with E-state index in [1.165, 1.54) is 82.1 Å². The van der Waals surface area contributed by atoms with Crippen LogP contribution in [0.3, 0.4) is 0 Å². The van der Waals surface area contributed by atoms with Gasteiger partial charge in [-0.25, -0.2) is 0 Å². The fraction of sp³-hybridized carbons (Fsp3) is 0.786. The van der Waals surface area contributed by atoms with Crippen LogP contribution in [0.5, 0.6) is 5.75 Å². The predicted molar refractivity (Wildman–Crippen MR) is 131 cm³/mol. The number of hydrogen-bond acceptors (Lipinski definition) is 2. The Labute approximate surface area is 192 Å². The zero-order chi connectivity index (χ0) is 22.6. The number of benzene rings is 1. The van der Waals surface area contributed by atoms with Crippen molar-refractivity contribution in [3.8, 4) is 5.75 Å². The van der Waals surface area contributed by atoms with Crippen LogP contribution >= 0.6 is 0 Å². The predicted octanol–water partition coefficient (Wildman–Crippen LogP) is 8.59. The molecule has 0 spiro atoms. The summed E-state index contributed by atoms with van der Waals surface area (Å²) in [6.07, 6.45) is 19.6. The van der Waals surface area contributed by atoms with E-state index in [1.54, 1.807) is 0 Å². The molecule has 0 saturated carbocycles. The lowest BCUT2D eigenvalue weighted by Crippen LogP contribution is -2.44. The molecule has 1 radical (unpaired) electrons. The van der Waals surface area contributed by atoms with Crippen LogP contribution in [0.4, 0.5) is 0 Å². The third kappa shape index (κ3) is 8.42. The average Bonchev–Trinajstić information content (AvgIpc) is 2.98. The summed E-state index contributed by atoms with van der Waals surface area (Å²) in [6.45, 7) is 9.22. The van der Waals surface area contributed by atoms with E-state index in [-0.39, 0.29) is 5.54 Å². The van der Waals surface area contributed by atoms with Crippen LogP contribution in [0.2, 0.25) is 0 Å². The Hall–Kier alpha value is -1.06. The molecular formula is C28H48NO2. The third-order valence-electron chi connectivity index (χ3n) is 7.21. The van der Waals surface area contributed by atoms with Gasteiger partial charge >= 0.3 is 0 Å². The molecule has 1 unspecified atom stereocenters. The maximum absolute atomic E-state index is 12.7. The van der Waals surface area contributed by atoms with Crippen LogP contribution in [0.25, 0.3) is 0 Å². The topological polar surface area (TPSA) is 32.4 Å². The molecule has 0 amide bonds. The minimum Gasteiger partial charge on any atom is -0.494 e. The van der Waals surface area contributed by atoms with Gasteiger partial charge in [-0.1, -0.05) is 96.1 Å². The number of hydrogen-bond donors (Lipinski definition) is 0. The molecule has 177 valence electrons. The van der Waals surface area contributed by atoms with Crippen molar-refractivity contribution in [1.29, 1.82) is 0 Å². The fourth-order valence-corrected chi connectivity index (χ4v) is 4.90. The second-order valence-electron chi connectivity index (χ2n) is 10.5. The molecule has 31 heavy (non-hydrogen) atoms. The second-order valence-corrected chi connectivity index (χ2v) is 10.5. The van der Waals surface area contributed by atoms with Gasteiger partial charge in [-0.15, -0.1) is 10.3 Å². The van der Waals surface area contributed by atoms with Crippen molar-refractivity contribution in [2.24, 2.45) is 0 Å². The maximum atomic E-state index is 12.7. The molecule has 0 N–H and O–H groups in total. The van der Waals surface area contributed by atoms with Gasteiger partial charge in [0, 0.05) is 5.54 Å². The Kier molecular flexibility index (Phi) is 11.4. The zero-order valence-corrected chi connectivity index (χ0v) is 20.9. The van der Waals surface area contributed by atoms with Crippen LogP contribution in [-0.2, 0) is 10.7 Å². The fourth-order valence-electron chi connectivity index (χ4n) is 4.90. The highest BCUT2D eigenvalue weighted by Crippen LogP contribution is 2.46. The molecule has 1 aliphatic heterocycles. The summed E-state index contributed by atoms with van der Waals surface area (Å²) in [6, 6.07) is 8.21. The number of nitrogens with zero attached hydrogens (tertiary/aromatic N) is 1. The first-order valence-corrected chi connectivity index (χ1v) is 13.1. The van der Waals surface area contributed by atoms with E-state index in [9.17, 15) is 5.21 Å². The molecule has 1 aromatic carbocycles. The Morgan fingerprint density at radius 1 is 0.742 bits per heavy atom. The van der Waals surface area contributed by atoms with Crippen molar-refractivity contribution in [2.45, 2.75) is 135 Å². The molecule has 2 rings (SSSR count). The van der Waals surface area contributed by atoms with Gasteiger partial charge in [0.2, 0.25) is 0 Å². The van der Waals surface area contributed by atoms with Crippen LogP contribution in [0, 0.1) is 0 Å². The molecule has 1 saturated heterocycles. The molecule has 1 aromatic rings. The van der Waals surface area contributed by atoms with Crippen LogP contribution in [0.1, 0.15) is 130 Å². The molecule has 3 heteroatoms. The minimum atomic E-state index is -0.420. The number of unbranched alkanes of at least 4 members (excludes halogenated alkanes) is 12. The van der Waals surface area contributed by atoms with E-state index in [4.69, 9.17) is 4.74 Å². The van der Waals surface area contributed by atoms with Crippen LogP contribution in [-0.4, -0.2) is 17.2 Å². The lowest BCUT2D eigenvalue weighted by Gasteiger charge is -2.35. The first-order chi connectivity index (χ1) is 14.9. The van der Waals surface area contributed by atoms with Crippen LogP contribution in [0.15, 0.2) is 24.3 Å². The van der Waals surface area contributed by atoms with Crippen molar-refractivity contribution in [2.75, 3.05) is 6.61 Å². The number of rotatable bonds is 16. The van der Waals surface area contributed by atoms with E-state index in [2.05, 4.69) is 26.0 Å². The van der Waals surface area contributed by atoms with Gasteiger partial charge in [0.25, 0.3) is 0 Å². The summed E-state index contributed by atoms with van der Waals surface area (Å²) in [4.78, 5) is 0. The van der Waals surface area contributed by atoms with E-state index in [0.29, 0.717) is 0 Å². The number of ether oxygens (including phenoxy) is 1. The van der Waals surface area contributed by atoms with Gasteiger partial charge in [0.05, 0.1) is 12.1 Å². The minimum absolute atomic E-state index is 0.280. The monoisotopic (exact) mass is 430 g/mol. The first-order valence-electron chi connectivity index (χ1n) is 13.1. The molecule has 1 fully saturated rings. The first kappa shape index (κ1) is 26.2. The van der Waals surface area contributed by atoms with E-state index < -0.39 is 5.54 Å². The van der Waals surface area contributed by atoms with Gasteiger partial charge in [0.1, 0.15) is 5.75 Å². The lowest BCUT2D eigenvalue weighted by atomic mass is 9.90. The van der Waals surface area contributed by atoms with Gasteiger partial charge in [-0.3, -0.25) is 0 Å². The highest BCUT2D eigenvalue weighted by Gasteiger charge is 2.49. The average molecular weight is 431 g/mol. The van der Waals surface area contributed by atoms with Crippen molar-refractivity contribution >= 4 is 0 Å². The van der Waals surface area contributed by atoms with Crippen molar-refractivity contribution in [1.82, 2.24) is 5.06 Å². The smallest absolute Gasteiger partial charge is 0.119 e. The van der Waals surface area contributed by atoms with E-state index in [0.717, 1.165) is 37.2 Å². The van der Waals surface area contributed by atoms with Crippen molar-refractivity contribution in [3.63, 3.8) is 0 Å². The highest BCUT2D eigenvalue weighted by atomic mass is 16.5. The van der Waals surface area contributed by atoms with Crippen molar-refractivity contribution < 1.29 is 9.94 Å². The number of hydroxylamine groups is 2. The Morgan fingerprint density at radius 3 is 1.68 bits per heavy atom. The summed E-state index contributed by atoms with van der Waals surface area (Å²) in [5, 5.41) is 14.0. The maximum Gasteiger partial charge on any atom is 0.119 e. The van der Waals surface area contributed by atoms with E-state index in [1.807, 2.05) is 26.0 Å². The molecule has 1 aliphatic rings. The summed E-state index contributed by atoms with van der Waals surface area (Å²) < 4.78 is 5.93. The molecule has 1 heterocycles. The van der Waals surface area contributed by atoms with Gasteiger partial charge in [-0.2, -0.15) is 0 Å². The normalized spacial score (nSPS) is 20.9. The zero-order valence-electron chi connectivity index (χ0n) is 20.9. The standard InChI is InChI=1S/C28H48NO2/c1-5-6-7-8-9-10-11-12-13-14-15-16-17-24-31-26-20-18-25(19-21-26)28(4)23-22-27(2,3)29(28)30/h18-21H,5-17,22-24H2,1-4H3. The van der Waals surface area contributed by atoms with Crippen molar-refractivity contribution in [3.05, 3.63) is 29.8 Å². The molecule has 3 nitrogen and oxygen atoms in total. The molecular weight excluding hydrogens is 382 g/mol. The van der Waals surface area contributed by atoms with Gasteiger partial charge in [0.15, 0.2) is 0 Å². The quantitative estimate of drug-likeness (QED) is 0.246. The highest BCUT2D eigenvalue weighted by molar-refractivity contribution is 5.32. The lowest BCUT2D eigenvalue weighted by molar-refractivity contribution is -0.252.